The fourth-order valence-electron chi connectivity index (χ4n) is 1.48. The molecule has 0 spiro atoms. The van der Waals surface area contributed by atoms with Crippen LogP contribution in [0.5, 0.6) is 0 Å². The molecule has 0 aromatic rings. The number of hydrogen-bond acceptors (Lipinski definition) is 5. The lowest BCUT2D eigenvalue weighted by atomic mass is 10.1. The second kappa shape index (κ2) is 11.8. The van der Waals surface area contributed by atoms with E-state index in [1.165, 1.54) is 6.92 Å². The highest BCUT2D eigenvalue weighted by atomic mass is 16.8. The monoisotopic (exact) mass is 274 g/mol. The topological polar surface area (TPSA) is 85.6 Å². The van der Waals surface area contributed by atoms with E-state index in [4.69, 9.17) is 15.2 Å². The van der Waals surface area contributed by atoms with Gasteiger partial charge < -0.3 is 14.2 Å². The third-order valence-electron chi connectivity index (χ3n) is 2.38. The molecule has 0 aliphatic rings. The van der Waals surface area contributed by atoms with Crippen molar-refractivity contribution in [2.45, 2.75) is 58.7 Å². The molecule has 19 heavy (non-hydrogen) atoms. The fourth-order valence-corrected chi connectivity index (χ4v) is 1.48. The first-order chi connectivity index (χ1) is 9.10. The van der Waals surface area contributed by atoms with Gasteiger partial charge in [0.25, 0.3) is 0 Å². The maximum absolute atomic E-state index is 11.4. The van der Waals surface area contributed by atoms with Gasteiger partial charge in [-0.05, 0) is 19.8 Å². The number of nitrogens with one attached hydrogen (secondary N) is 1. The molecule has 1 radical (unpaired) electrons. The van der Waals surface area contributed by atoms with Crippen LogP contribution in [0.15, 0.2) is 0 Å². The van der Waals surface area contributed by atoms with Crippen LogP contribution in [-0.4, -0.2) is 31.6 Å². The van der Waals surface area contributed by atoms with Crippen molar-refractivity contribution >= 4 is 12.1 Å². The smallest absolute Gasteiger partial charge is 0.435 e. The number of rotatable bonds is 10. The van der Waals surface area contributed by atoms with Crippen molar-refractivity contribution in [3.05, 3.63) is 0 Å². The van der Waals surface area contributed by atoms with Gasteiger partial charge in [0.1, 0.15) is 0 Å². The number of unbranched alkanes of at least 4 members (excludes halogenated alkanes) is 4. The van der Waals surface area contributed by atoms with E-state index < -0.39 is 12.4 Å². The van der Waals surface area contributed by atoms with Crippen LogP contribution in [0, 0.1) is 0 Å². The van der Waals surface area contributed by atoms with Crippen molar-refractivity contribution in [3.63, 3.8) is 0 Å². The predicted molar refractivity (Wildman–Crippen MR) is 69.3 cm³/mol. The SMILES string of the molecule is CCOC(=O)OC(C)OC(=O)CCCCCCC[NH]. The summed E-state index contributed by atoms with van der Waals surface area (Å²) in [6.07, 6.45) is 3.23. The normalized spacial score (nSPS) is 11.7. The van der Waals surface area contributed by atoms with Crippen LogP contribution in [-0.2, 0) is 19.0 Å². The Balaban J connectivity index is 3.54. The first kappa shape index (κ1) is 17.7. The average Bonchev–Trinajstić information content (AvgIpc) is 2.33. The zero-order valence-electron chi connectivity index (χ0n) is 11.8. The van der Waals surface area contributed by atoms with Gasteiger partial charge in [-0.2, -0.15) is 0 Å². The quantitative estimate of drug-likeness (QED) is 0.347. The molecule has 0 aliphatic heterocycles. The summed E-state index contributed by atoms with van der Waals surface area (Å²) in [6.45, 7) is 3.82. The second-order valence-electron chi connectivity index (χ2n) is 4.13. The van der Waals surface area contributed by atoms with Gasteiger partial charge in [0.2, 0.25) is 6.29 Å². The van der Waals surface area contributed by atoms with E-state index in [1.807, 2.05) is 0 Å². The number of carbonyl (C=O) groups is 2. The van der Waals surface area contributed by atoms with Crippen molar-refractivity contribution in [2.24, 2.45) is 0 Å². The van der Waals surface area contributed by atoms with Gasteiger partial charge >= 0.3 is 12.1 Å². The fraction of sp³-hybridized carbons (Fsp3) is 0.846. The highest BCUT2D eigenvalue weighted by Gasteiger charge is 2.14. The molecule has 0 rings (SSSR count). The molecule has 1 unspecified atom stereocenters. The van der Waals surface area contributed by atoms with Crippen LogP contribution in [0.1, 0.15) is 52.4 Å². The lowest BCUT2D eigenvalue weighted by Crippen LogP contribution is -2.22. The Morgan fingerprint density at radius 2 is 1.68 bits per heavy atom. The Labute approximate surface area is 114 Å². The summed E-state index contributed by atoms with van der Waals surface area (Å²) in [5.41, 5.74) is 6.99. The van der Waals surface area contributed by atoms with Crippen molar-refractivity contribution in [1.29, 1.82) is 0 Å². The molecule has 0 amide bonds. The van der Waals surface area contributed by atoms with Gasteiger partial charge in [-0.25, -0.2) is 4.79 Å². The van der Waals surface area contributed by atoms with Crippen LogP contribution in [0.2, 0.25) is 0 Å². The Morgan fingerprint density at radius 1 is 1.05 bits per heavy atom. The average molecular weight is 274 g/mol. The summed E-state index contributed by atoms with van der Waals surface area (Å²) in [5.74, 6) is -0.378. The number of hydrogen-bond donors (Lipinski definition) is 0. The molecule has 0 heterocycles. The molecule has 0 saturated carbocycles. The van der Waals surface area contributed by atoms with Crippen LogP contribution >= 0.6 is 0 Å². The molecule has 1 N–H and O–H groups in total. The van der Waals surface area contributed by atoms with Crippen LogP contribution in [0.25, 0.3) is 0 Å². The Kier molecular flexibility index (Phi) is 11.0. The van der Waals surface area contributed by atoms with E-state index >= 15 is 0 Å². The van der Waals surface area contributed by atoms with Crippen molar-refractivity contribution < 1.29 is 23.8 Å². The standard InChI is InChI=1S/C13H24NO5/c1-3-17-13(16)19-11(2)18-12(15)9-7-5-4-6-8-10-14/h11,14H,3-10H2,1-2H3. The summed E-state index contributed by atoms with van der Waals surface area (Å²) in [4.78, 5) is 22.3. The molecule has 0 aliphatic carbocycles. The maximum atomic E-state index is 11.4. The van der Waals surface area contributed by atoms with Gasteiger partial charge in [-0.15, -0.1) is 0 Å². The first-order valence-corrected chi connectivity index (χ1v) is 6.77. The number of ether oxygens (including phenoxy) is 3. The summed E-state index contributed by atoms with van der Waals surface area (Å²) in [5, 5.41) is 0. The van der Waals surface area contributed by atoms with E-state index in [1.54, 1.807) is 6.92 Å². The van der Waals surface area contributed by atoms with E-state index in [0.29, 0.717) is 13.0 Å². The van der Waals surface area contributed by atoms with E-state index in [9.17, 15) is 9.59 Å². The van der Waals surface area contributed by atoms with Crippen LogP contribution < -0.4 is 5.73 Å². The predicted octanol–water partition coefficient (Wildman–Crippen LogP) is 2.67. The van der Waals surface area contributed by atoms with Crippen molar-refractivity contribution in [3.8, 4) is 0 Å². The van der Waals surface area contributed by atoms with Gasteiger partial charge in [0, 0.05) is 19.9 Å². The Bertz CT molecular complexity index is 257. The summed E-state index contributed by atoms with van der Waals surface area (Å²) in [7, 11) is 0. The zero-order valence-corrected chi connectivity index (χ0v) is 11.8. The van der Waals surface area contributed by atoms with Gasteiger partial charge in [-0.3, -0.25) is 10.5 Å². The molecule has 0 aromatic carbocycles. The van der Waals surface area contributed by atoms with Crippen molar-refractivity contribution in [1.82, 2.24) is 5.73 Å². The Hall–Kier alpha value is -1.30. The number of esters is 1. The highest BCUT2D eigenvalue weighted by molar-refractivity contribution is 5.69. The highest BCUT2D eigenvalue weighted by Crippen LogP contribution is 2.07. The van der Waals surface area contributed by atoms with Gasteiger partial charge in [0.15, 0.2) is 0 Å². The number of carbonyl (C=O) groups excluding carboxylic acids is 2. The molecule has 0 fully saturated rings. The third kappa shape index (κ3) is 11.5. The molecule has 1 atom stereocenters. The minimum Gasteiger partial charge on any atom is -0.435 e. The maximum Gasteiger partial charge on any atom is 0.511 e. The van der Waals surface area contributed by atoms with E-state index in [-0.39, 0.29) is 12.6 Å². The molecule has 0 saturated heterocycles. The molecule has 6 heteroatoms. The van der Waals surface area contributed by atoms with E-state index in [0.717, 1.165) is 32.1 Å². The largest absolute Gasteiger partial charge is 0.511 e. The minimum atomic E-state index is -0.921. The molecule has 0 bridgehead atoms. The summed E-state index contributed by atoms with van der Waals surface area (Å²) < 4.78 is 14.2. The second-order valence-corrected chi connectivity index (χ2v) is 4.13. The van der Waals surface area contributed by atoms with Gasteiger partial charge in [-0.1, -0.05) is 19.3 Å². The Morgan fingerprint density at radius 3 is 2.32 bits per heavy atom. The summed E-state index contributed by atoms with van der Waals surface area (Å²) >= 11 is 0. The lowest BCUT2D eigenvalue weighted by Gasteiger charge is -2.13. The molecule has 0 aromatic heterocycles. The third-order valence-corrected chi connectivity index (χ3v) is 2.38. The van der Waals surface area contributed by atoms with Crippen LogP contribution in [0.4, 0.5) is 4.79 Å². The van der Waals surface area contributed by atoms with Crippen LogP contribution in [0.3, 0.4) is 0 Å². The zero-order chi connectivity index (χ0) is 14.5. The molecule has 111 valence electrons. The summed E-state index contributed by atoms with van der Waals surface area (Å²) in [6, 6.07) is 0. The lowest BCUT2D eigenvalue weighted by molar-refractivity contribution is -0.168. The van der Waals surface area contributed by atoms with Crippen molar-refractivity contribution in [2.75, 3.05) is 13.2 Å². The first-order valence-electron chi connectivity index (χ1n) is 6.77. The molecular weight excluding hydrogens is 250 g/mol. The molecular formula is C13H24NO5. The molecule has 6 nitrogen and oxygen atoms in total. The van der Waals surface area contributed by atoms with Gasteiger partial charge in [0.05, 0.1) is 6.61 Å². The van der Waals surface area contributed by atoms with E-state index in [2.05, 4.69) is 4.74 Å². The minimum absolute atomic E-state index is 0.220.